The first-order valence-corrected chi connectivity index (χ1v) is 12.8. The fraction of sp³-hybridized carbons (Fsp3) is 0.545. The maximum Gasteiger partial charge on any atom is 0.224 e. The molecule has 1 aliphatic rings. The van der Waals surface area contributed by atoms with E-state index in [4.69, 9.17) is 16.3 Å². The predicted molar refractivity (Wildman–Crippen MR) is 128 cm³/mol. The van der Waals surface area contributed by atoms with Crippen molar-refractivity contribution in [2.45, 2.75) is 69.6 Å². The smallest absolute Gasteiger partial charge is 0.224 e. The van der Waals surface area contributed by atoms with Gasteiger partial charge >= 0.3 is 0 Å². The maximum absolute atomic E-state index is 12.8. The zero-order chi connectivity index (χ0) is 23.5. The molecule has 0 radical (unpaired) electrons. The second-order valence-corrected chi connectivity index (χ2v) is 11.5. The van der Waals surface area contributed by atoms with Crippen LogP contribution < -0.4 is 16.0 Å². The van der Waals surface area contributed by atoms with Crippen molar-refractivity contribution >= 4 is 38.9 Å². The highest BCUT2D eigenvalue weighted by Gasteiger charge is 2.29. The summed E-state index contributed by atoms with van der Waals surface area (Å²) < 4.78 is 31.4. The van der Waals surface area contributed by atoms with Crippen molar-refractivity contribution in [1.29, 1.82) is 0 Å². The number of rotatable bonds is 8. The molecule has 32 heavy (non-hydrogen) atoms. The SMILES string of the molecule is CC(C)OC1CC(Nc2ncc(Cl)c(Nc3ccccc3S(=O)(=O)C(C)C)n2)C(C)CN1. The summed E-state index contributed by atoms with van der Waals surface area (Å²) in [6, 6.07) is 6.86. The van der Waals surface area contributed by atoms with Gasteiger partial charge in [-0.25, -0.2) is 13.4 Å². The van der Waals surface area contributed by atoms with E-state index in [-0.39, 0.29) is 23.3 Å². The Morgan fingerprint density at radius 1 is 1.22 bits per heavy atom. The van der Waals surface area contributed by atoms with E-state index < -0.39 is 15.1 Å². The van der Waals surface area contributed by atoms with E-state index in [1.807, 2.05) is 13.8 Å². The summed E-state index contributed by atoms with van der Waals surface area (Å²) in [6.45, 7) is 10.3. The van der Waals surface area contributed by atoms with Crippen LogP contribution in [0.4, 0.5) is 17.5 Å². The van der Waals surface area contributed by atoms with Gasteiger partial charge < -0.3 is 15.4 Å². The molecule has 3 atom stereocenters. The van der Waals surface area contributed by atoms with Crippen molar-refractivity contribution in [3.05, 3.63) is 35.5 Å². The van der Waals surface area contributed by atoms with Crippen molar-refractivity contribution in [1.82, 2.24) is 15.3 Å². The van der Waals surface area contributed by atoms with Gasteiger partial charge in [0.05, 0.1) is 28.1 Å². The first-order valence-electron chi connectivity index (χ1n) is 10.9. The van der Waals surface area contributed by atoms with E-state index in [9.17, 15) is 8.42 Å². The Bertz CT molecular complexity index is 1030. The number of anilines is 3. The van der Waals surface area contributed by atoms with Crippen LogP contribution in [0.5, 0.6) is 0 Å². The van der Waals surface area contributed by atoms with Crippen LogP contribution in [0.1, 0.15) is 41.0 Å². The third-order valence-corrected chi connectivity index (χ3v) is 7.87. The van der Waals surface area contributed by atoms with Gasteiger partial charge in [-0.05, 0) is 45.7 Å². The lowest BCUT2D eigenvalue weighted by atomic mass is 9.94. The minimum Gasteiger partial charge on any atom is -0.361 e. The van der Waals surface area contributed by atoms with Gasteiger partial charge in [-0.3, -0.25) is 5.32 Å². The maximum atomic E-state index is 12.8. The Balaban J connectivity index is 1.82. The lowest BCUT2D eigenvalue weighted by Crippen LogP contribution is -2.50. The Kier molecular flexibility index (Phi) is 7.97. The second kappa shape index (κ2) is 10.3. The molecule has 176 valence electrons. The second-order valence-electron chi connectivity index (χ2n) is 8.65. The minimum atomic E-state index is -3.48. The number of nitrogens with zero attached hydrogens (tertiary/aromatic N) is 2. The van der Waals surface area contributed by atoms with Gasteiger partial charge in [0.15, 0.2) is 15.7 Å². The fourth-order valence-corrected chi connectivity index (χ4v) is 4.87. The highest BCUT2D eigenvalue weighted by Crippen LogP contribution is 2.30. The molecule has 1 aliphatic heterocycles. The van der Waals surface area contributed by atoms with Gasteiger partial charge in [-0.15, -0.1) is 0 Å². The number of halogens is 1. The van der Waals surface area contributed by atoms with E-state index in [2.05, 4.69) is 32.8 Å². The summed E-state index contributed by atoms with van der Waals surface area (Å²) in [5.74, 6) is 1.10. The zero-order valence-corrected chi connectivity index (χ0v) is 20.7. The summed E-state index contributed by atoms with van der Waals surface area (Å²) in [5, 5.41) is 9.63. The lowest BCUT2D eigenvalue weighted by molar-refractivity contribution is -0.0349. The van der Waals surface area contributed by atoms with Crippen LogP contribution >= 0.6 is 11.6 Å². The standard InChI is InChI=1S/C22H32ClN5O3S/c1-13(2)31-20-10-18(15(5)11-24-20)27-22-25-12-16(23)21(28-22)26-17-8-6-7-9-19(17)32(29,30)14(3)4/h6-9,12-15,18,20,24H,10-11H2,1-5H3,(H2,25,26,27,28). The van der Waals surface area contributed by atoms with Crippen molar-refractivity contribution < 1.29 is 13.2 Å². The number of nitrogens with one attached hydrogen (secondary N) is 3. The molecule has 1 fully saturated rings. The van der Waals surface area contributed by atoms with Gasteiger partial charge in [-0.1, -0.05) is 30.7 Å². The monoisotopic (exact) mass is 481 g/mol. The van der Waals surface area contributed by atoms with E-state index in [1.54, 1.807) is 38.1 Å². The molecule has 1 aromatic carbocycles. The number of hydrogen-bond acceptors (Lipinski definition) is 8. The van der Waals surface area contributed by atoms with Gasteiger partial charge in [0.1, 0.15) is 11.3 Å². The first kappa shape index (κ1) is 24.7. The summed E-state index contributed by atoms with van der Waals surface area (Å²) in [4.78, 5) is 9.06. The van der Waals surface area contributed by atoms with Crippen LogP contribution in [-0.4, -0.2) is 48.6 Å². The molecule has 1 aromatic heterocycles. The van der Waals surface area contributed by atoms with Crippen molar-refractivity contribution in [2.24, 2.45) is 5.92 Å². The number of ether oxygens (including phenoxy) is 1. The Morgan fingerprint density at radius 2 is 1.94 bits per heavy atom. The molecule has 3 rings (SSSR count). The number of benzene rings is 1. The Labute approximate surface area is 195 Å². The molecule has 1 saturated heterocycles. The third-order valence-electron chi connectivity index (χ3n) is 5.38. The molecule has 0 saturated carbocycles. The molecule has 0 spiro atoms. The molecule has 10 heteroatoms. The molecular formula is C22H32ClN5O3S. The fourth-order valence-electron chi connectivity index (χ4n) is 3.53. The Hall–Kier alpha value is -1.94. The minimum absolute atomic E-state index is 0.0401. The van der Waals surface area contributed by atoms with E-state index in [0.717, 1.165) is 13.0 Å². The highest BCUT2D eigenvalue weighted by atomic mass is 35.5. The summed E-state index contributed by atoms with van der Waals surface area (Å²) >= 11 is 6.33. The van der Waals surface area contributed by atoms with Crippen LogP contribution in [-0.2, 0) is 14.6 Å². The third kappa shape index (κ3) is 5.89. The highest BCUT2D eigenvalue weighted by molar-refractivity contribution is 7.92. The van der Waals surface area contributed by atoms with E-state index >= 15 is 0 Å². The zero-order valence-electron chi connectivity index (χ0n) is 19.1. The number of piperidine rings is 1. The van der Waals surface area contributed by atoms with Crippen molar-refractivity contribution in [3.8, 4) is 0 Å². The molecule has 3 N–H and O–H groups in total. The lowest BCUT2D eigenvalue weighted by Gasteiger charge is -2.36. The van der Waals surface area contributed by atoms with Gasteiger partial charge in [-0.2, -0.15) is 4.98 Å². The molecule has 2 heterocycles. The van der Waals surface area contributed by atoms with Crippen molar-refractivity contribution in [3.63, 3.8) is 0 Å². The number of hydrogen-bond donors (Lipinski definition) is 3. The molecule has 8 nitrogen and oxygen atoms in total. The van der Waals surface area contributed by atoms with Gasteiger partial charge in [0.25, 0.3) is 0 Å². The first-order chi connectivity index (χ1) is 15.1. The molecule has 3 unspecified atom stereocenters. The quantitative estimate of drug-likeness (QED) is 0.514. The molecule has 0 amide bonds. The van der Waals surface area contributed by atoms with Gasteiger partial charge in [0.2, 0.25) is 5.95 Å². The number of aromatic nitrogens is 2. The largest absolute Gasteiger partial charge is 0.361 e. The number of sulfone groups is 1. The molecule has 0 bridgehead atoms. The van der Waals surface area contributed by atoms with E-state index in [1.165, 1.54) is 6.20 Å². The van der Waals surface area contributed by atoms with Crippen LogP contribution in [0.25, 0.3) is 0 Å². The van der Waals surface area contributed by atoms with E-state index in [0.29, 0.717) is 28.4 Å². The number of para-hydroxylation sites is 1. The molecule has 0 aliphatic carbocycles. The van der Waals surface area contributed by atoms with Crippen LogP contribution in [0, 0.1) is 5.92 Å². The predicted octanol–water partition coefficient (Wildman–Crippen LogP) is 4.22. The summed E-state index contributed by atoms with van der Waals surface area (Å²) in [7, 11) is -3.48. The topological polar surface area (TPSA) is 105 Å². The van der Waals surface area contributed by atoms with Crippen LogP contribution in [0.2, 0.25) is 5.02 Å². The molecular weight excluding hydrogens is 450 g/mol. The summed E-state index contributed by atoms with van der Waals surface area (Å²) in [6.07, 6.45) is 2.36. The van der Waals surface area contributed by atoms with Gasteiger partial charge in [0, 0.05) is 19.0 Å². The van der Waals surface area contributed by atoms with Crippen LogP contribution in [0.15, 0.2) is 35.4 Å². The summed E-state index contributed by atoms with van der Waals surface area (Å²) in [5.41, 5.74) is 0.424. The van der Waals surface area contributed by atoms with Crippen LogP contribution in [0.3, 0.4) is 0 Å². The normalized spacial score (nSPS) is 21.7. The average molecular weight is 482 g/mol. The average Bonchev–Trinajstić information content (AvgIpc) is 2.72. The van der Waals surface area contributed by atoms with Crippen molar-refractivity contribution in [2.75, 3.05) is 17.2 Å². The molecule has 2 aromatic rings. The Morgan fingerprint density at radius 3 is 2.62 bits per heavy atom.